The Morgan fingerprint density at radius 2 is 1.74 bits per heavy atom. The molecule has 2 heterocycles. The molecule has 2 saturated carbocycles. The Kier molecular flexibility index (Phi) is 3.84. The van der Waals surface area contributed by atoms with Crippen LogP contribution in [0.1, 0.15) is 22.5 Å². The number of ether oxygens (including phenoxy) is 1. The molecule has 0 radical (unpaired) electrons. The van der Waals surface area contributed by atoms with Gasteiger partial charge in [-0.2, -0.15) is 10.1 Å². The Labute approximate surface area is 178 Å². The number of esters is 1. The van der Waals surface area contributed by atoms with Crippen molar-refractivity contribution in [3.05, 3.63) is 59.9 Å². The van der Waals surface area contributed by atoms with Crippen molar-refractivity contribution in [2.75, 3.05) is 7.11 Å². The normalized spacial score (nSPS) is 32.5. The van der Waals surface area contributed by atoms with E-state index in [1.807, 2.05) is 0 Å². The first-order chi connectivity index (χ1) is 15.1. The second-order valence-electron chi connectivity index (χ2n) is 8.63. The highest BCUT2D eigenvalue weighted by molar-refractivity contribution is 6.06. The van der Waals surface area contributed by atoms with Gasteiger partial charge in [0, 0.05) is 5.56 Å². The zero-order valence-electron chi connectivity index (χ0n) is 16.8. The summed E-state index contributed by atoms with van der Waals surface area (Å²) in [5, 5.41) is 5.22. The van der Waals surface area contributed by atoms with E-state index >= 15 is 0 Å². The van der Waals surface area contributed by atoms with Crippen molar-refractivity contribution in [2.24, 2.45) is 40.6 Å². The van der Waals surface area contributed by atoms with Crippen molar-refractivity contribution in [3.8, 4) is 11.3 Å². The number of benzene rings is 1. The van der Waals surface area contributed by atoms with E-state index < -0.39 is 5.97 Å². The molecule has 7 rings (SSSR count). The summed E-state index contributed by atoms with van der Waals surface area (Å²) in [6.07, 6.45) is 6.78. The molecule has 4 aliphatic carbocycles. The van der Waals surface area contributed by atoms with E-state index in [2.05, 4.69) is 17.3 Å². The minimum atomic E-state index is -0.459. The molecule has 1 aromatic carbocycles. The van der Waals surface area contributed by atoms with Crippen LogP contribution in [-0.4, -0.2) is 36.1 Å². The van der Waals surface area contributed by atoms with Gasteiger partial charge in [-0.15, -0.1) is 0 Å². The first-order valence-corrected chi connectivity index (χ1v) is 10.5. The fourth-order valence-corrected chi connectivity index (χ4v) is 5.72. The predicted molar refractivity (Wildman–Crippen MR) is 110 cm³/mol. The lowest BCUT2D eigenvalue weighted by Gasteiger charge is -2.37. The molecule has 31 heavy (non-hydrogen) atoms. The first-order valence-electron chi connectivity index (χ1n) is 10.5. The van der Waals surface area contributed by atoms with Gasteiger partial charge in [0.15, 0.2) is 0 Å². The van der Waals surface area contributed by atoms with E-state index in [4.69, 9.17) is 9.15 Å². The summed E-state index contributed by atoms with van der Waals surface area (Å²) in [6.45, 7) is 0. The highest BCUT2D eigenvalue weighted by Crippen LogP contribution is 2.65. The fraction of sp³-hybridized carbons (Fsp3) is 0.333. The number of carbonyl (C=O) groups is 3. The molecule has 6 unspecified atom stereocenters. The highest BCUT2D eigenvalue weighted by Gasteiger charge is 2.67. The highest BCUT2D eigenvalue weighted by atomic mass is 16.5. The van der Waals surface area contributed by atoms with Crippen molar-refractivity contribution in [3.63, 3.8) is 0 Å². The molecule has 156 valence electrons. The molecular formula is C24H20N2O5. The van der Waals surface area contributed by atoms with Crippen LogP contribution in [0.3, 0.4) is 0 Å². The lowest BCUT2D eigenvalue weighted by Crippen LogP contribution is -2.40. The minimum absolute atomic E-state index is 0.168. The molecule has 5 aliphatic rings. The van der Waals surface area contributed by atoms with Gasteiger partial charge in [-0.05, 0) is 48.3 Å². The van der Waals surface area contributed by atoms with E-state index in [0.717, 1.165) is 11.4 Å². The molecule has 7 nitrogen and oxygen atoms in total. The monoisotopic (exact) mass is 416 g/mol. The molecule has 3 fully saturated rings. The number of allylic oxidation sites excluding steroid dienone is 2. The number of carbonyl (C=O) groups excluding carboxylic acids is 3. The molecule has 1 saturated heterocycles. The minimum Gasteiger partial charge on any atom is -0.465 e. The lowest BCUT2D eigenvalue weighted by molar-refractivity contribution is -0.140. The summed E-state index contributed by atoms with van der Waals surface area (Å²) in [7, 11) is 1.33. The number of rotatable bonds is 4. The SMILES string of the molecule is COC(=O)c1ccccc1-c1ccc(/C=N/N2C(=O)C3C4C=CC(C5CC45)C3C2=O)o1. The number of hydrazone groups is 1. The largest absolute Gasteiger partial charge is 0.465 e. The molecule has 1 aliphatic heterocycles. The average molecular weight is 416 g/mol. The van der Waals surface area contributed by atoms with Gasteiger partial charge in [0.25, 0.3) is 11.8 Å². The standard InChI is InChI=1S/C24H20N2O5/c1-30-24(29)16-5-3-2-4-13(16)19-9-6-12(31-19)11-25-26-22(27)20-14-7-8-15(18-10-17(14)18)21(20)23(26)28/h2-9,11,14-15,17-18,20-21H,10H2,1H3/b25-11+. The van der Waals surface area contributed by atoms with Gasteiger partial charge in [0.05, 0.1) is 30.7 Å². The summed E-state index contributed by atoms with van der Waals surface area (Å²) >= 11 is 0. The first kappa shape index (κ1) is 18.3. The maximum absolute atomic E-state index is 13.0. The quantitative estimate of drug-likeness (QED) is 0.331. The van der Waals surface area contributed by atoms with Crippen LogP contribution in [0.5, 0.6) is 0 Å². The van der Waals surface area contributed by atoms with E-state index in [1.165, 1.54) is 13.3 Å². The Balaban J connectivity index is 1.25. The second kappa shape index (κ2) is 6.51. The van der Waals surface area contributed by atoms with Crippen LogP contribution < -0.4 is 0 Å². The van der Waals surface area contributed by atoms with Crippen molar-refractivity contribution < 1.29 is 23.5 Å². The van der Waals surface area contributed by atoms with Crippen LogP contribution >= 0.6 is 0 Å². The number of hydrogen-bond donors (Lipinski definition) is 0. The molecule has 0 spiro atoms. The van der Waals surface area contributed by atoms with Gasteiger partial charge >= 0.3 is 5.97 Å². The number of hydrogen-bond acceptors (Lipinski definition) is 6. The Bertz CT molecular complexity index is 1140. The smallest absolute Gasteiger partial charge is 0.338 e. The van der Waals surface area contributed by atoms with Crippen LogP contribution in [0.25, 0.3) is 11.3 Å². The molecule has 2 aromatic rings. The van der Waals surface area contributed by atoms with Gasteiger partial charge in [0.2, 0.25) is 0 Å². The number of nitrogens with zero attached hydrogens (tertiary/aromatic N) is 2. The van der Waals surface area contributed by atoms with E-state index in [1.54, 1.807) is 36.4 Å². The molecule has 7 heteroatoms. The molecule has 2 bridgehead atoms. The summed E-state index contributed by atoms with van der Waals surface area (Å²) in [6, 6.07) is 10.4. The third kappa shape index (κ3) is 2.59. The van der Waals surface area contributed by atoms with Crippen LogP contribution in [-0.2, 0) is 14.3 Å². The number of furan rings is 1. The van der Waals surface area contributed by atoms with Crippen molar-refractivity contribution in [1.29, 1.82) is 0 Å². The van der Waals surface area contributed by atoms with Crippen LogP contribution in [0.15, 0.2) is 58.1 Å². The van der Waals surface area contributed by atoms with Crippen LogP contribution in [0, 0.1) is 35.5 Å². The fourth-order valence-electron chi connectivity index (χ4n) is 5.72. The summed E-state index contributed by atoms with van der Waals surface area (Å²) in [5.41, 5.74) is 0.980. The molecule has 2 amide bonds. The zero-order chi connectivity index (χ0) is 21.3. The molecule has 0 N–H and O–H groups in total. The number of imide groups is 1. The summed E-state index contributed by atoms with van der Waals surface area (Å²) in [5.74, 6) is 0.871. The van der Waals surface area contributed by atoms with E-state index in [9.17, 15) is 14.4 Å². The second-order valence-corrected chi connectivity index (χ2v) is 8.63. The topological polar surface area (TPSA) is 89.2 Å². The van der Waals surface area contributed by atoms with Crippen LogP contribution in [0.4, 0.5) is 0 Å². The average Bonchev–Trinajstić information content (AvgIpc) is 3.44. The van der Waals surface area contributed by atoms with Crippen LogP contribution in [0.2, 0.25) is 0 Å². The lowest BCUT2D eigenvalue weighted by atomic mass is 9.63. The Hall–Kier alpha value is -3.48. The third-order valence-electron chi connectivity index (χ3n) is 7.16. The molecular weight excluding hydrogens is 396 g/mol. The molecule has 1 aromatic heterocycles. The van der Waals surface area contributed by atoms with Gasteiger partial charge in [-0.3, -0.25) is 9.59 Å². The van der Waals surface area contributed by atoms with Gasteiger partial charge in [-0.1, -0.05) is 30.4 Å². The Morgan fingerprint density at radius 1 is 1.06 bits per heavy atom. The summed E-state index contributed by atoms with van der Waals surface area (Å²) in [4.78, 5) is 38.0. The van der Waals surface area contributed by atoms with Crippen molar-refractivity contribution in [2.45, 2.75) is 6.42 Å². The maximum Gasteiger partial charge on any atom is 0.338 e. The Morgan fingerprint density at radius 3 is 2.42 bits per heavy atom. The molecule has 6 atom stereocenters. The van der Waals surface area contributed by atoms with E-state index in [-0.39, 0.29) is 35.5 Å². The number of methoxy groups -OCH3 is 1. The van der Waals surface area contributed by atoms with E-state index in [0.29, 0.717) is 34.5 Å². The van der Waals surface area contributed by atoms with Crippen molar-refractivity contribution >= 4 is 24.0 Å². The van der Waals surface area contributed by atoms with Crippen molar-refractivity contribution in [1.82, 2.24) is 5.01 Å². The summed E-state index contributed by atoms with van der Waals surface area (Å²) < 4.78 is 10.6. The van der Waals surface area contributed by atoms with Gasteiger partial charge in [0.1, 0.15) is 11.5 Å². The van der Waals surface area contributed by atoms with Gasteiger partial charge in [-0.25, -0.2) is 4.79 Å². The predicted octanol–water partition coefficient (Wildman–Crippen LogP) is 3.12. The third-order valence-corrected chi connectivity index (χ3v) is 7.16. The zero-order valence-corrected chi connectivity index (χ0v) is 16.8. The maximum atomic E-state index is 13.0. The number of amides is 2. The van der Waals surface area contributed by atoms with Gasteiger partial charge < -0.3 is 9.15 Å².